The van der Waals surface area contributed by atoms with Crippen molar-refractivity contribution in [3.8, 4) is 11.3 Å². The highest BCUT2D eigenvalue weighted by Crippen LogP contribution is 2.35. The van der Waals surface area contributed by atoms with E-state index < -0.39 is 0 Å². The van der Waals surface area contributed by atoms with Crippen LogP contribution in [0.15, 0.2) is 41.1 Å². The van der Waals surface area contributed by atoms with Gasteiger partial charge in [-0.1, -0.05) is 5.16 Å². The van der Waals surface area contributed by atoms with Gasteiger partial charge in [-0.15, -0.1) is 0 Å². The number of aromatic nitrogens is 3. The molecule has 0 saturated carbocycles. The van der Waals surface area contributed by atoms with E-state index in [1.807, 2.05) is 67.3 Å². The minimum Gasteiger partial charge on any atom is -0.378 e. The fourth-order valence-corrected chi connectivity index (χ4v) is 4.98. The van der Waals surface area contributed by atoms with Crippen molar-refractivity contribution in [2.45, 2.75) is 25.7 Å². The minimum atomic E-state index is 0.0886. The van der Waals surface area contributed by atoms with Crippen LogP contribution < -0.4 is 9.80 Å². The molecule has 0 radical (unpaired) electrons. The molecule has 2 fully saturated rings. The Morgan fingerprint density at radius 2 is 1.72 bits per heavy atom. The fraction of sp³-hybridized carbons (Fsp3) is 0.481. The molecule has 0 bridgehead atoms. The second-order valence-corrected chi connectivity index (χ2v) is 10.1. The van der Waals surface area contributed by atoms with Crippen LogP contribution in [0.4, 0.5) is 11.6 Å². The molecule has 0 aliphatic carbocycles. The third kappa shape index (κ3) is 5.06. The van der Waals surface area contributed by atoms with Gasteiger partial charge in [-0.05, 0) is 51.1 Å². The number of likely N-dealkylation sites (N-methyl/N-ethyl adjacent to an activating group) is 1. The monoisotopic (exact) mass is 489 g/mol. The van der Waals surface area contributed by atoms with E-state index in [1.54, 1.807) is 0 Å². The normalized spacial score (nSPS) is 17.4. The summed E-state index contributed by atoms with van der Waals surface area (Å²) in [5, 5.41) is 4.08. The fourth-order valence-electron chi connectivity index (χ4n) is 4.98. The maximum absolute atomic E-state index is 13.2. The average Bonchev–Trinajstić information content (AvgIpc) is 3.34. The van der Waals surface area contributed by atoms with Gasteiger partial charge in [0, 0.05) is 82.8 Å². The first kappa shape index (κ1) is 24.2. The van der Waals surface area contributed by atoms with E-state index in [9.17, 15) is 4.79 Å². The molecule has 2 aromatic heterocycles. The van der Waals surface area contributed by atoms with Gasteiger partial charge in [0.1, 0.15) is 0 Å². The van der Waals surface area contributed by atoms with Crippen molar-refractivity contribution >= 4 is 17.5 Å². The Bertz CT molecular complexity index is 1190. The Morgan fingerprint density at radius 3 is 2.33 bits per heavy atom. The number of likely N-dealkylation sites (tertiary alicyclic amines) is 1. The Balaban J connectivity index is 1.34. The van der Waals surface area contributed by atoms with Crippen LogP contribution in [-0.4, -0.2) is 91.2 Å². The molecule has 0 N–H and O–H groups in total. The van der Waals surface area contributed by atoms with Gasteiger partial charge >= 0.3 is 0 Å². The molecule has 0 spiro atoms. The molecule has 1 amide bonds. The van der Waals surface area contributed by atoms with Crippen molar-refractivity contribution in [2.24, 2.45) is 0 Å². The Kier molecular flexibility index (Phi) is 6.91. The number of nitrogens with zero attached hydrogens (tertiary/aromatic N) is 7. The van der Waals surface area contributed by atoms with E-state index in [2.05, 4.69) is 22.0 Å². The number of piperidine rings is 1. The zero-order valence-electron chi connectivity index (χ0n) is 21.6. The van der Waals surface area contributed by atoms with Gasteiger partial charge in [-0.3, -0.25) is 4.79 Å². The topological polar surface area (TPSA) is 81.8 Å². The predicted octanol–water partition coefficient (Wildman–Crippen LogP) is 3.28. The zero-order valence-corrected chi connectivity index (χ0v) is 21.6. The highest BCUT2D eigenvalue weighted by molar-refractivity contribution is 5.94. The number of hydrogen-bond donors (Lipinski definition) is 0. The molecule has 2 aliphatic rings. The lowest BCUT2D eigenvalue weighted by Gasteiger charge is -2.34. The molecule has 9 nitrogen and oxygen atoms in total. The molecule has 36 heavy (non-hydrogen) atoms. The summed E-state index contributed by atoms with van der Waals surface area (Å²) in [6.45, 7) is 7.13. The SMILES string of the molecule is Cc1cc(-c2cnc(N3CCN(C)CC3)nc2C2CCN(C(=O)c3ccc(N(C)C)cc3)CC2)on1. The molecule has 2 saturated heterocycles. The number of carbonyl (C=O) groups is 1. The first-order valence-electron chi connectivity index (χ1n) is 12.7. The first-order chi connectivity index (χ1) is 17.4. The number of carbonyl (C=O) groups excluding carboxylic acids is 1. The van der Waals surface area contributed by atoms with Crippen LogP contribution in [0.5, 0.6) is 0 Å². The second kappa shape index (κ2) is 10.3. The summed E-state index contributed by atoms with van der Waals surface area (Å²) in [7, 11) is 6.14. The van der Waals surface area contributed by atoms with Crippen LogP contribution in [0, 0.1) is 6.92 Å². The summed E-state index contributed by atoms with van der Waals surface area (Å²) in [5.41, 5.74) is 4.55. The van der Waals surface area contributed by atoms with Crippen molar-refractivity contribution in [2.75, 3.05) is 70.2 Å². The molecular weight excluding hydrogens is 454 g/mol. The first-order valence-corrected chi connectivity index (χ1v) is 12.7. The molecule has 1 aromatic carbocycles. The maximum atomic E-state index is 13.2. The second-order valence-electron chi connectivity index (χ2n) is 10.1. The van der Waals surface area contributed by atoms with Gasteiger partial charge in [-0.2, -0.15) is 0 Å². The summed E-state index contributed by atoms with van der Waals surface area (Å²) >= 11 is 0. The van der Waals surface area contributed by atoms with Crippen molar-refractivity contribution < 1.29 is 9.32 Å². The number of rotatable bonds is 5. The largest absolute Gasteiger partial charge is 0.378 e. The molecular formula is C27H35N7O2. The highest BCUT2D eigenvalue weighted by atomic mass is 16.5. The summed E-state index contributed by atoms with van der Waals surface area (Å²) in [6, 6.07) is 9.76. The summed E-state index contributed by atoms with van der Waals surface area (Å²) in [6.07, 6.45) is 3.58. The van der Waals surface area contributed by atoms with Gasteiger partial charge in [0.2, 0.25) is 5.95 Å². The van der Waals surface area contributed by atoms with Crippen LogP contribution in [-0.2, 0) is 0 Å². The Hall–Kier alpha value is -3.46. The smallest absolute Gasteiger partial charge is 0.253 e. The Morgan fingerprint density at radius 1 is 1.03 bits per heavy atom. The van der Waals surface area contributed by atoms with Gasteiger partial charge < -0.3 is 24.1 Å². The number of anilines is 2. The van der Waals surface area contributed by atoms with E-state index in [-0.39, 0.29) is 11.8 Å². The van der Waals surface area contributed by atoms with Crippen molar-refractivity contribution in [1.82, 2.24) is 24.9 Å². The maximum Gasteiger partial charge on any atom is 0.253 e. The number of benzene rings is 1. The summed E-state index contributed by atoms with van der Waals surface area (Å²) in [4.78, 5) is 31.5. The Labute approximate surface area is 212 Å². The van der Waals surface area contributed by atoms with E-state index in [0.717, 1.165) is 73.2 Å². The van der Waals surface area contributed by atoms with Crippen LogP contribution in [0.2, 0.25) is 0 Å². The van der Waals surface area contributed by atoms with Gasteiger partial charge in [0.15, 0.2) is 5.76 Å². The minimum absolute atomic E-state index is 0.0886. The summed E-state index contributed by atoms with van der Waals surface area (Å²) in [5.74, 6) is 1.79. The van der Waals surface area contributed by atoms with E-state index in [4.69, 9.17) is 14.5 Å². The molecule has 2 aliphatic heterocycles. The average molecular weight is 490 g/mol. The van der Waals surface area contributed by atoms with Gasteiger partial charge in [0.25, 0.3) is 5.91 Å². The van der Waals surface area contributed by atoms with Gasteiger partial charge in [-0.25, -0.2) is 9.97 Å². The lowest BCUT2D eigenvalue weighted by atomic mass is 9.90. The van der Waals surface area contributed by atoms with E-state index in [0.29, 0.717) is 18.8 Å². The van der Waals surface area contributed by atoms with E-state index in [1.165, 1.54) is 0 Å². The lowest BCUT2D eigenvalue weighted by molar-refractivity contribution is 0.0712. The molecule has 5 rings (SSSR count). The third-order valence-electron chi connectivity index (χ3n) is 7.28. The molecule has 0 atom stereocenters. The van der Waals surface area contributed by atoms with Crippen LogP contribution in [0.1, 0.15) is 40.5 Å². The van der Waals surface area contributed by atoms with E-state index >= 15 is 0 Å². The number of aryl methyl sites for hydroxylation is 1. The van der Waals surface area contributed by atoms with Crippen LogP contribution in [0.25, 0.3) is 11.3 Å². The highest BCUT2D eigenvalue weighted by Gasteiger charge is 2.29. The number of piperazine rings is 1. The molecule has 9 heteroatoms. The molecule has 0 unspecified atom stereocenters. The van der Waals surface area contributed by atoms with Crippen molar-refractivity contribution in [3.63, 3.8) is 0 Å². The summed E-state index contributed by atoms with van der Waals surface area (Å²) < 4.78 is 5.61. The molecule has 3 aromatic rings. The lowest BCUT2D eigenvalue weighted by Crippen LogP contribution is -2.45. The quantitative estimate of drug-likeness (QED) is 0.540. The third-order valence-corrected chi connectivity index (χ3v) is 7.28. The number of hydrogen-bond acceptors (Lipinski definition) is 8. The van der Waals surface area contributed by atoms with Crippen LogP contribution in [0.3, 0.4) is 0 Å². The van der Waals surface area contributed by atoms with Gasteiger partial charge in [0.05, 0.1) is 17.0 Å². The standard InChI is InChI=1S/C27H35N7O2/c1-19-17-24(36-30-19)23-18-28-27(34-15-13-32(4)14-16-34)29-25(23)20-9-11-33(12-10-20)26(35)21-5-7-22(8-6-21)31(2)3/h5-8,17-18,20H,9-16H2,1-4H3. The molecule has 190 valence electrons. The van der Waals surface area contributed by atoms with Crippen molar-refractivity contribution in [1.29, 1.82) is 0 Å². The zero-order chi connectivity index (χ0) is 25.2. The predicted molar refractivity (Wildman–Crippen MR) is 141 cm³/mol. The van der Waals surface area contributed by atoms with Crippen molar-refractivity contribution in [3.05, 3.63) is 53.5 Å². The number of amides is 1. The molecule has 4 heterocycles. The van der Waals surface area contributed by atoms with Crippen LogP contribution >= 0.6 is 0 Å².